The summed E-state index contributed by atoms with van der Waals surface area (Å²) in [5.74, 6) is 2.23. The van der Waals surface area contributed by atoms with Crippen LogP contribution in [0.2, 0.25) is 0 Å². The number of nitrogens with one attached hydrogen (secondary N) is 1. The number of amides is 2. The number of ether oxygens (including phenoxy) is 1. The number of anilines is 2. The van der Waals surface area contributed by atoms with Crippen LogP contribution in [0.3, 0.4) is 0 Å². The molecule has 3 aliphatic rings. The second-order valence-electron chi connectivity index (χ2n) is 11.1. The van der Waals surface area contributed by atoms with Gasteiger partial charge in [0, 0.05) is 45.0 Å². The minimum Gasteiger partial charge on any atom is -0.444 e. The highest BCUT2D eigenvalue weighted by atomic mass is 16.6. The molecule has 1 aromatic heterocycles. The van der Waals surface area contributed by atoms with Gasteiger partial charge in [0.1, 0.15) is 12.4 Å². The quantitative estimate of drug-likeness (QED) is 0.434. The molecule has 2 amide bonds. The standard InChI is InChI=1S/C30H40N6O3/c1-5-26(37)35-15-13-34(14-16-35)25(17-21-7-8-21)22-9-11-23(12-10-22)27(20(3)4)32-29-31-18-24-19-39-30(38)36(6-2)28(24)33-29/h5,9-12,18,20-21,25,27H,1,6-8,13-17,19H2,2-4H3,(H,31,32,33)/t25-,27-/m0/s1. The van der Waals surface area contributed by atoms with Gasteiger partial charge in [0.2, 0.25) is 11.9 Å². The molecule has 0 spiro atoms. The van der Waals surface area contributed by atoms with E-state index in [1.54, 1.807) is 6.20 Å². The van der Waals surface area contributed by atoms with Crippen LogP contribution in [0.5, 0.6) is 0 Å². The summed E-state index contributed by atoms with van der Waals surface area (Å²) in [6, 6.07) is 9.35. The maximum absolute atomic E-state index is 12.2. The molecule has 2 atom stereocenters. The van der Waals surface area contributed by atoms with Crippen LogP contribution < -0.4 is 10.2 Å². The summed E-state index contributed by atoms with van der Waals surface area (Å²) in [4.78, 5) is 39.4. The van der Waals surface area contributed by atoms with Crippen molar-refractivity contribution in [1.82, 2.24) is 19.8 Å². The number of carbonyl (C=O) groups is 2. The molecule has 0 radical (unpaired) electrons. The Balaban J connectivity index is 1.32. The van der Waals surface area contributed by atoms with Gasteiger partial charge in [-0.25, -0.2) is 9.78 Å². The summed E-state index contributed by atoms with van der Waals surface area (Å²) in [6.45, 7) is 13.8. The lowest BCUT2D eigenvalue weighted by Gasteiger charge is -2.39. The molecule has 9 heteroatoms. The maximum Gasteiger partial charge on any atom is 0.415 e. The summed E-state index contributed by atoms with van der Waals surface area (Å²) in [6.07, 6.45) is 6.58. The Morgan fingerprint density at radius 1 is 1.15 bits per heavy atom. The van der Waals surface area contributed by atoms with Crippen LogP contribution >= 0.6 is 0 Å². The molecule has 39 heavy (non-hydrogen) atoms. The van der Waals surface area contributed by atoms with Gasteiger partial charge in [0.25, 0.3) is 0 Å². The van der Waals surface area contributed by atoms with Crippen molar-refractivity contribution in [3.05, 3.63) is 59.8 Å². The van der Waals surface area contributed by atoms with Crippen LogP contribution in [0.25, 0.3) is 0 Å². The van der Waals surface area contributed by atoms with E-state index in [2.05, 4.69) is 59.9 Å². The van der Waals surface area contributed by atoms with Crippen molar-refractivity contribution in [2.24, 2.45) is 11.8 Å². The number of aromatic nitrogens is 2. The highest BCUT2D eigenvalue weighted by Crippen LogP contribution is 2.41. The van der Waals surface area contributed by atoms with Crippen molar-refractivity contribution in [3.63, 3.8) is 0 Å². The summed E-state index contributed by atoms with van der Waals surface area (Å²) in [7, 11) is 0. The second-order valence-corrected chi connectivity index (χ2v) is 11.1. The molecule has 1 aliphatic carbocycles. The topological polar surface area (TPSA) is 90.9 Å². The van der Waals surface area contributed by atoms with Gasteiger partial charge in [-0.3, -0.25) is 14.6 Å². The molecule has 5 rings (SSSR count). The molecule has 1 N–H and O–H groups in total. The number of rotatable bonds is 10. The molecule has 1 aromatic carbocycles. The highest BCUT2D eigenvalue weighted by Gasteiger charge is 2.32. The maximum atomic E-state index is 12.2. The monoisotopic (exact) mass is 532 g/mol. The first-order valence-corrected chi connectivity index (χ1v) is 14.2. The fourth-order valence-electron chi connectivity index (χ4n) is 5.63. The molecule has 1 saturated heterocycles. The Bertz CT molecular complexity index is 1190. The highest BCUT2D eigenvalue weighted by molar-refractivity contribution is 5.89. The normalized spacial score (nSPS) is 19.3. The average molecular weight is 533 g/mol. The van der Waals surface area contributed by atoms with Crippen molar-refractivity contribution in [2.45, 2.75) is 58.7 Å². The number of piperazine rings is 1. The fraction of sp³-hybridized carbons (Fsp3) is 0.533. The SMILES string of the molecule is C=CC(=O)N1CCN([C@@H](CC2CC2)c2ccc([C@@H](Nc3ncc4c(n3)N(CC)C(=O)OC4)C(C)C)cc2)CC1. The molecule has 9 nitrogen and oxygen atoms in total. The number of hydrogen-bond acceptors (Lipinski definition) is 7. The smallest absolute Gasteiger partial charge is 0.415 e. The number of benzene rings is 1. The van der Waals surface area contributed by atoms with Crippen LogP contribution in [0.1, 0.15) is 68.8 Å². The summed E-state index contributed by atoms with van der Waals surface area (Å²) in [5, 5.41) is 3.52. The Kier molecular flexibility index (Phi) is 8.16. The van der Waals surface area contributed by atoms with E-state index in [-0.39, 0.29) is 24.6 Å². The van der Waals surface area contributed by atoms with Crippen LogP contribution in [-0.4, -0.2) is 64.5 Å². The molecular weight excluding hydrogens is 492 g/mol. The van der Waals surface area contributed by atoms with Crippen LogP contribution in [-0.2, 0) is 16.1 Å². The first-order valence-electron chi connectivity index (χ1n) is 14.2. The molecule has 1 saturated carbocycles. The molecule has 2 aliphatic heterocycles. The predicted octanol–water partition coefficient (Wildman–Crippen LogP) is 4.93. The third-order valence-electron chi connectivity index (χ3n) is 8.11. The van der Waals surface area contributed by atoms with E-state index in [0.29, 0.717) is 30.3 Å². The van der Waals surface area contributed by atoms with Gasteiger partial charge in [0.05, 0.1) is 11.6 Å². The zero-order valence-corrected chi connectivity index (χ0v) is 23.3. The molecule has 2 aromatic rings. The van der Waals surface area contributed by atoms with Gasteiger partial charge >= 0.3 is 6.09 Å². The summed E-state index contributed by atoms with van der Waals surface area (Å²) < 4.78 is 5.22. The summed E-state index contributed by atoms with van der Waals surface area (Å²) in [5.41, 5.74) is 3.32. The zero-order chi connectivity index (χ0) is 27.5. The number of cyclic esters (lactones) is 1. The van der Waals surface area contributed by atoms with Gasteiger partial charge < -0.3 is 15.0 Å². The van der Waals surface area contributed by atoms with Crippen molar-refractivity contribution in [3.8, 4) is 0 Å². The Morgan fingerprint density at radius 3 is 2.46 bits per heavy atom. The Hall–Kier alpha value is -3.46. The van der Waals surface area contributed by atoms with E-state index in [4.69, 9.17) is 9.72 Å². The van der Waals surface area contributed by atoms with E-state index in [1.165, 1.54) is 41.4 Å². The van der Waals surface area contributed by atoms with E-state index < -0.39 is 0 Å². The van der Waals surface area contributed by atoms with Crippen LogP contribution in [0.15, 0.2) is 43.1 Å². The van der Waals surface area contributed by atoms with Gasteiger partial charge in [-0.2, -0.15) is 4.98 Å². The van der Waals surface area contributed by atoms with Gasteiger partial charge in [0.15, 0.2) is 0 Å². The third kappa shape index (κ3) is 6.08. The minimum atomic E-state index is -0.375. The molecule has 0 bridgehead atoms. The van der Waals surface area contributed by atoms with Gasteiger partial charge in [-0.1, -0.05) is 57.5 Å². The number of hydrogen-bond donors (Lipinski definition) is 1. The van der Waals surface area contributed by atoms with Gasteiger partial charge in [-0.05, 0) is 42.4 Å². The molecule has 3 heterocycles. The molecule has 208 valence electrons. The number of carbonyl (C=O) groups excluding carboxylic acids is 2. The van der Waals surface area contributed by atoms with Crippen LogP contribution in [0, 0.1) is 11.8 Å². The van der Waals surface area contributed by atoms with Crippen LogP contribution in [0.4, 0.5) is 16.6 Å². The number of fused-ring (bicyclic) bond motifs is 1. The van der Waals surface area contributed by atoms with E-state index in [1.807, 2.05) is 11.8 Å². The lowest BCUT2D eigenvalue weighted by Crippen LogP contribution is -2.49. The predicted molar refractivity (Wildman–Crippen MR) is 151 cm³/mol. The Labute approximate surface area is 231 Å². The van der Waals surface area contributed by atoms with E-state index >= 15 is 0 Å². The zero-order valence-electron chi connectivity index (χ0n) is 23.3. The molecule has 0 unspecified atom stereocenters. The van der Waals surface area contributed by atoms with E-state index in [9.17, 15) is 9.59 Å². The minimum absolute atomic E-state index is 0.0121. The first kappa shape index (κ1) is 27.1. The lowest BCUT2D eigenvalue weighted by atomic mass is 9.92. The Morgan fingerprint density at radius 2 is 1.85 bits per heavy atom. The first-order chi connectivity index (χ1) is 18.9. The molecular formula is C30H40N6O3. The lowest BCUT2D eigenvalue weighted by molar-refractivity contribution is -0.128. The molecule has 2 fully saturated rings. The fourth-order valence-corrected chi connectivity index (χ4v) is 5.63. The second kappa shape index (κ2) is 11.7. The van der Waals surface area contributed by atoms with Crippen molar-refractivity contribution in [2.75, 3.05) is 42.9 Å². The van der Waals surface area contributed by atoms with Crippen molar-refractivity contribution in [1.29, 1.82) is 0 Å². The van der Waals surface area contributed by atoms with Gasteiger partial charge in [-0.15, -0.1) is 0 Å². The van der Waals surface area contributed by atoms with E-state index in [0.717, 1.165) is 37.7 Å². The number of nitrogens with zero attached hydrogens (tertiary/aromatic N) is 5. The largest absolute Gasteiger partial charge is 0.444 e. The van der Waals surface area contributed by atoms with Crippen molar-refractivity contribution < 1.29 is 14.3 Å². The average Bonchev–Trinajstić information content (AvgIpc) is 3.78. The van der Waals surface area contributed by atoms with Crippen molar-refractivity contribution >= 4 is 23.8 Å². The third-order valence-corrected chi connectivity index (χ3v) is 8.11. The summed E-state index contributed by atoms with van der Waals surface area (Å²) >= 11 is 0.